The Bertz CT molecular complexity index is 470. The first-order valence-corrected chi connectivity index (χ1v) is 4.72. The average Bonchev–Trinajstić information content (AvgIpc) is 2.23. The number of carboxylic acids is 1. The van der Waals surface area contributed by atoms with Gasteiger partial charge in [-0.05, 0) is 0 Å². The molecule has 0 aromatic heterocycles. The van der Waals surface area contributed by atoms with Gasteiger partial charge in [0.1, 0.15) is 5.97 Å². The van der Waals surface area contributed by atoms with Crippen molar-refractivity contribution in [1.29, 1.82) is 0 Å². The Labute approximate surface area is 148 Å². The van der Waals surface area contributed by atoms with Crippen molar-refractivity contribution in [2.75, 3.05) is 0 Å². The van der Waals surface area contributed by atoms with E-state index in [9.17, 15) is 71.4 Å². The van der Waals surface area contributed by atoms with Gasteiger partial charge in [-0.25, -0.2) is 0 Å². The first-order valence-electron chi connectivity index (χ1n) is 4.72. The molecule has 0 heterocycles. The number of halogens is 14. The number of aliphatic carboxylic acids is 1. The number of hydrogen-bond acceptors (Lipinski definition) is 3. The molecule has 3 nitrogen and oxygen atoms in total. The second-order valence-corrected chi connectivity index (χ2v) is 3.82. The summed E-state index contributed by atoms with van der Waals surface area (Å²) in [4.78, 5) is 5.14. The van der Waals surface area contributed by atoms with Crippen LogP contribution in [0.4, 0.5) is 61.5 Å². The van der Waals surface area contributed by atoms with Crippen LogP contribution < -0.4 is 34.7 Å². The molecule has 0 fully saturated rings. The van der Waals surface area contributed by atoms with E-state index in [-0.39, 0.29) is 29.6 Å². The summed E-state index contributed by atoms with van der Waals surface area (Å²) < 4.78 is 173. The molecule has 0 aromatic carbocycles. The number of nitrogens with zero attached hydrogens (tertiary/aromatic N) is 1. The molecule has 0 aliphatic carbocycles. The molecule has 0 saturated heterocycles. The second-order valence-electron chi connectivity index (χ2n) is 3.82. The van der Waals surface area contributed by atoms with Gasteiger partial charge in [0.2, 0.25) is 0 Å². The van der Waals surface area contributed by atoms with Gasteiger partial charge >= 0.3 is 66.0 Å². The van der Waals surface area contributed by atoms with Crippen molar-refractivity contribution in [3.8, 4) is 0 Å². The number of carboxylic acid groups (broad SMARTS) is 1. The maximum atomic E-state index is 13.0. The summed E-state index contributed by atoms with van der Waals surface area (Å²) in [5.41, 5.74) is 0. The van der Waals surface area contributed by atoms with E-state index >= 15 is 0 Å². The SMILES string of the molecule is O=C([O-])C(F)(F)C(F)(F)N(C(F)(F)C(F)(F)F)C(F)(F)C(F)(F)F.[Na+]. The molecule has 0 bridgehead atoms. The molecule has 0 N–H and O–H groups in total. The van der Waals surface area contributed by atoms with E-state index in [1.54, 1.807) is 0 Å². The zero-order valence-electron chi connectivity index (χ0n) is 11.1. The number of carbonyl (C=O) groups is 1. The van der Waals surface area contributed by atoms with Crippen LogP contribution >= 0.6 is 0 Å². The van der Waals surface area contributed by atoms with Gasteiger partial charge in [-0.2, -0.15) is 61.5 Å². The minimum Gasteiger partial charge on any atom is -0.544 e. The number of hydrogen-bond donors (Lipinski definition) is 0. The van der Waals surface area contributed by atoms with Crippen LogP contribution in [0.1, 0.15) is 0 Å². The van der Waals surface area contributed by atoms with E-state index in [4.69, 9.17) is 0 Å². The van der Waals surface area contributed by atoms with Crippen molar-refractivity contribution in [3.05, 3.63) is 0 Å². The largest absolute Gasteiger partial charge is 1.00 e. The Morgan fingerprint density at radius 1 is 0.600 bits per heavy atom. The van der Waals surface area contributed by atoms with E-state index < -0.39 is 47.3 Å². The molecular formula is C7F14NNaO2. The summed E-state index contributed by atoms with van der Waals surface area (Å²) in [6.45, 7) is 0. The fourth-order valence-corrected chi connectivity index (χ4v) is 1.05. The van der Waals surface area contributed by atoms with E-state index in [1.165, 1.54) is 0 Å². The zero-order valence-corrected chi connectivity index (χ0v) is 13.1. The van der Waals surface area contributed by atoms with E-state index in [1.807, 2.05) is 0 Å². The second kappa shape index (κ2) is 6.88. The summed E-state index contributed by atoms with van der Waals surface area (Å²) >= 11 is 0. The van der Waals surface area contributed by atoms with Crippen molar-refractivity contribution in [2.24, 2.45) is 0 Å². The fourth-order valence-electron chi connectivity index (χ4n) is 1.05. The minimum absolute atomic E-state index is 0. The van der Waals surface area contributed by atoms with Gasteiger partial charge in [-0.15, -0.1) is 0 Å². The third-order valence-corrected chi connectivity index (χ3v) is 2.16. The van der Waals surface area contributed by atoms with Crippen LogP contribution in [0.2, 0.25) is 0 Å². The van der Waals surface area contributed by atoms with Gasteiger partial charge in [0.15, 0.2) is 0 Å². The number of carbonyl (C=O) groups excluding carboxylic acids is 1. The molecular weight excluding hydrogens is 419 g/mol. The molecule has 25 heavy (non-hydrogen) atoms. The van der Waals surface area contributed by atoms with Crippen LogP contribution in [0.3, 0.4) is 0 Å². The van der Waals surface area contributed by atoms with Crippen LogP contribution in [0.15, 0.2) is 0 Å². The molecule has 18 heteroatoms. The maximum Gasteiger partial charge on any atom is 1.00 e. The number of alkyl halides is 14. The molecule has 0 atom stereocenters. The normalized spacial score (nSPS) is 15.2. The average molecular weight is 419 g/mol. The van der Waals surface area contributed by atoms with Gasteiger partial charge in [-0.3, -0.25) is 0 Å². The first-order chi connectivity index (χ1) is 10.1. The van der Waals surface area contributed by atoms with E-state index in [2.05, 4.69) is 0 Å². The Morgan fingerprint density at radius 2 is 0.840 bits per heavy atom. The van der Waals surface area contributed by atoms with Gasteiger partial charge in [0.25, 0.3) is 0 Å². The molecule has 144 valence electrons. The zero-order chi connectivity index (χ0) is 20.2. The van der Waals surface area contributed by atoms with Crippen molar-refractivity contribution in [2.45, 2.75) is 36.4 Å². The summed E-state index contributed by atoms with van der Waals surface area (Å²) in [5, 5.41) is 9.71. The molecule has 0 aromatic rings. The van der Waals surface area contributed by atoms with Gasteiger partial charge in [-0.1, -0.05) is 4.90 Å². The standard InChI is InChI=1S/C7HF14NO2.Na/c8-2(9,1(23)24)5(16,17)22(6(18,19)3(10,11)12)7(20,21)4(13,14)15;/h(H,23,24);/q;+1/p-1. The molecule has 0 unspecified atom stereocenters. The van der Waals surface area contributed by atoms with Crippen molar-refractivity contribution < 1.29 is 101 Å². The molecule has 0 aliphatic rings. The Hall–Kier alpha value is -0.550. The minimum atomic E-state index is -7.94. The summed E-state index contributed by atoms with van der Waals surface area (Å²) in [5.74, 6) is -11.8. The Morgan fingerprint density at radius 3 is 1.00 bits per heavy atom. The number of rotatable bonds is 5. The third kappa shape index (κ3) is 4.24. The van der Waals surface area contributed by atoms with Crippen molar-refractivity contribution in [3.63, 3.8) is 0 Å². The van der Waals surface area contributed by atoms with Crippen LogP contribution in [-0.4, -0.2) is 47.3 Å². The molecule has 0 saturated carbocycles. The molecule has 0 spiro atoms. The summed E-state index contributed by atoms with van der Waals surface area (Å²) in [6, 6.07) is -23.8. The predicted octanol–water partition coefficient (Wildman–Crippen LogP) is -0.419. The van der Waals surface area contributed by atoms with E-state index in [0.717, 1.165) is 0 Å². The smallest absolute Gasteiger partial charge is 0.544 e. The first kappa shape index (κ1) is 26.7. The monoisotopic (exact) mass is 419 g/mol. The molecule has 0 aliphatic heterocycles. The van der Waals surface area contributed by atoms with Crippen LogP contribution in [-0.2, 0) is 4.79 Å². The van der Waals surface area contributed by atoms with Crippen molar-refractivity contribution in [1.82, 2.24) is 4.90 Å². The molecule has 0 rings (SSSR count). The van der Waals surface area contributed by atoms with E-state index in [0.29, 0.717) is 0 Å². The Balaban J connectivity index is 0. The Kier molecular flexibility index (Phi) is 7.34. The quantitative estimate of drug-likeness (QED) is 0.346. The van der Waals surface area contributed by atoms with Crippen molar-refractivity contribution >= 4 is 5.97 Å². The molecule has 0 amide bonds. The van der Waals surface area contributed by atoms with Crippen LogP contribution in [0.5, 0.6) is 0 Å². The van der Waals surface area contributed by atoms with Gasteiger partial charge < -0.3 is 9.90 Å². The van der Waals surface area contributed by atoms with Crippen LogP contribution in [0, 0.1) is 0 Å². The summed E-state index contributed by atoms with van der Waals surface area (Å²) in [6.07, 6.45) is -15.3. The maximum absolute atomic E-state index is 13.0. The third-order valence-electron chi connectivity index (χ3n) is 2.16. The topological polar surface area (TPSA) is 43.4 Å². The van der Waals surface area contributed by atoms with Gasteiger partial charge in [0.05, 0.1) is 0 Å². The van der Waals surface area contributed by atoms with Gasteiger partial charge in [0, 0.05) is 0 Å². The summed E-state index contributed by atoms with van der Waals surface area (Å²) in [7, 11) is 0. The predicted molar refractivity (Wildman–Crippen MR) is 38.7 cm³/mol. The van der Waals surface area contributed by atoms with Crippen LogP contribution in [0.25, 0.3) is 0 Å². The molecule has 0 radical (unpaired) electrons. The fraction of sp³-hybridized carbons (Fsp3) is 0.857.